The zero-order valence-corrected chi connectivity index (χ0v) is 11.4. The summed E-state index contributed by atoms with van der Waals surface area (Å²) < 4.78 is 14.5. The van der Waals surface area contributed by atoms with Crippen LogP contribution in [-0.2, 0) is 19.0 Å². The van der Waals surface area contributed by atoms with Gasteiger partial charge in [0, 0.05) is 7.11 Å². The molecular formula is C12H23NO5. The van der Waals surface area contributed by atoms with E-state index in [1.807, 2.05) is 0 Å². The zero-order valence-electron chi connectivity index (χ0n) is 11.4. The summed E-state index contributed by atoms with van der Waals surface area (Å²) >= 11 is 0. The fraction of sp³-hybridized carbons (Fsp3) is 0.833. The van der Waals surface area contributed by atoms with Crippen LogP contribution < -0.4 is 5.32 Å². The van der Waals surface area contributed by atoms with Gasteiger partial charge in [-0.2, -0.15) is 0 Å². The fourth-order valence-corrected chi connectivity index (χ4v) is 1.14. The summed E-state index contributed by atoms with van der Waals surface area (Å²) in [7, 11) is 1.51. The SMILES string of the molecule is CCCCCOC(=O)C(C)NC(=O)OCCOC. The summed E-state index contributed by atoms with van der Waals surface area (Å²) in [4.78, 5) is 22.7. The number of nitrogens with one attached hydrogen (secondary N) is 1. The summed E-state index contributed by atoms with van der Waals surface area (Å²) in [6, 6.07) is -0.707. The predicted octanol–water partition coefficient (Wildman–Crippen LogP) is 1.48. The molecule has 18 heavy (non-hydrogen) atoms. The first-order chi connectivity index (χ1) is 8.61. The van der Waals surface area contributed by atoms with Crippen LogP contribution >= 0.6 is 0 Å². The third-order valence-corrected chi connectivity index (χ3v) is 2.20. The molecule has 1 unspecified atom stereocenters. The van der Waals surface area contributed by atoms with Crippen LogP contribution in [0, 0.1) is 0 Å². The van der Waals surface area contributed by atoms with Crippen molar-refractivity contribution in [3.63, 3.8) is 0 Å². The van der Waals surface area contributed by atoms with Crippen molar-refractivity contribution in [2.75, 3.05) is 26.9 Å². The standard InChI is InChI=1S/C12H23NO5/c1-4-5-6-7-17-11(14)10(2)13-12(15)18-9-8-16-3/h10H,4-9H2,1-3H3,(H,13,15). The Morgan fingerprint density at radius 2 is 1.83 bits per heavy atom. The number of hydrogen-bond donors (Lipinski definition) is 1. The highest BCUT2D eigenvalue weighted by Crippen LogP contribution is 1.96. The van der Waals surface area contributed by atoms with E-state index in [0.717, 1.165) is 19.3 Å². The summed E-state index contributed by atoms with van der Waals surface area (Å²) in [6.07, 6.45) is 2.28. The first-order valence-electron chi connectivity index (χ1n) is 6.20. The largest absolute Gasteiger partial charge is 0.464 e. The highest BCUT2D eigenvalue weighted by Gasteiger charge is 2.17. The number of rotatable bonds is 9. The second-order valence-electron chi connectivity index (χ2n) is 3.87. The van der Waals surface area contributed by atoms with Crippen molar-refractivity contribution in [2.45, 2.75) is 39.2 Å². The molecule has 1 amide bonds. The molecule has 0 fully saturated rings. The van der Waals surface area contributed by atoms with Gasteiger partial charge in [-0.15, -0.1) is 0 Å². The molecule has 0 aromatic carbocycles. The molecule has 0 aromatic rings. The Labute approximate surface area is 108 Å². The van der Waals surface area contributed by atoms with Crippen LogP contribution in [0.2, 0.25) is 0 Å². The zero-order chi connectivity index (χ0) is 13.8. The van der Waals surface area contributed by atoms with Crippen LogP contribution in [0.25, 0.3) is 0 Å². The Bertz CT molecular complexity index is 245. The average Bonchev–Trinajstić information content (AvgIpc) is 2.34. The Hall–Kier alpha value is -1.30. The quantitative estimate of drug-likeness (QED) is 0.502. The van der Waals surface area contributed by atoms with Gasteiger partial charge in [-0.25, -0.2) is 9.59 Å². The van der Waals surface area contributed by atoms with E-state index in [2.05, 4.69) is 12.2 Å². The van der Waals surface area contributed by atoms with Crippen LogP contribution in [-0.4, -0.2) is 45.0 Å². The van der Waals surface area contributed by atoms with Crippen LogP contribution in [0.15, 0.2) is 0 Å². The molecule has 0 rings (SSSR count). The number of carbonyl (C=O) groups is 2. The average molecular weight is 261 g/mol. The highest BCUT2D eigenvalue weighted by molar-refractivity contribution is 5.80. The van der Waals surface area contributed by atoms with Crippen molar-refractivity contribution in [3.8, 4) is 0 Å². The first kappa shape index (κ1) is 16.7. The number of esters is 1. The lowest BCUT2D eigenvalue weighted by Gasteiger charge is -2.13. The van der Waals surface area contributed by atoms with Crippen LogP contribution in [0.5, 0.6) is 0 Å². The third kappa shape index (κ3) is 8.81. The van der Waals surface area contributed by atoms with E-state index >= 15 is 0 Å². The van der Waals surface area contributed by atoms with Crippen LogP contribution in [0.1, 0.15) is 33.1 Å². The smallest absolute Gasteiger partial charge is 0.407 e. The van der Waals surface area contributed by atoms with E-state index in [9.17, 15) is 9.59 Å². The lowest BCUT2D eigenvalue weighted by Crippen LogP contribution is -2.40. The minimum Gasteiger partial charge on any atom is -0.464 e. The molecule has 0 radical (unpaired) electrons. The number of amides is 1. The number of unbranched alkanes of at least 4 members (excludes halogenated alkanes) is 2. The second kappa shape index (κ2) is 10.8. The topological polar surface area (TPSA) is 73.9 Å². The number of carbonyl (C=O) groups excluding carboxylic acids is 2. The molecule has 0 bridgehead atoms. The van der Waals surface area contributed by atoms with Crippen molar-refractivity contribution < 1.29 is 23.8 Å². The van der Waals surface area contributed by atoms with E-state index in [1.54, 1.807) is 6.92 Å². The van der Waals surface area contributed by atoms with Gasteiger partial charge in [0.15, 0.2) is 0 Å². The van der Waals surface area contributed by atoms with Gasteiger partial charge in [-0.1, -0.05) is 19.8 Å². The van der Waals surface area contributed by atoms with Crippen molar-refractivity contribution in [1.29, 1.82) is 0 Å². The van der Waals surface area contributed by atoms with Gasteiger partial charge >= 0.3 is 12.1 Å². The summed E-state index contributed by atoms with van der Waals surface area (Å²) in [5.74, 6) is -0.449. The molecule has 1 N–H and O–H groups in total. The maximum atomic E-state index is 11.5. The third-order valence-electron chi connectivity index (χ3n) is 2.20. The van der Waals surface area contributed by atoms with Gasteiger partial charge in [0.25, 0.3) is 0 Å². The normalized spacial score (nSPS) is 11.7. The van der Waals surface area contributed by atoms with Gasteiger partial charge in [-0.05, 0) is 13.3 Å². The molecule has 0 heterocycles. The maximum Gasteiger partial charge on any atom is 0.407 e. The Morgan fingerprint density at radius 3 is 2.44 bits per heavy atom. The highest BCUT2D eigenvalue weighted by atomic mass is 16.6. The van der Waals surface area contributed by atoms with Crippen LogP contribution in [0.4, 0.5) is 4.79 Å². The van der Waals surface area contributed by atoms with Gasteiger partial charge in [0.05, 0.1) is 13.2 Å². The van der Waals surface area contributed by atoms with E-state index in [4.69, 9.17) is 14.2 Å². The molecule has 0 aromatic heterocycles. The lowest BCUT2D eigenvalue weighted by atomic mass is 10.3. The Morgan fingerprint density at radius 1 is 1.11 bits per heavy atom. The lowest BCUT2D eigenvalue weighted by molar-refractivity contribution is -0.145. The van der Waals surface area contributed by atoms with E-state index in [1.165, 1.54) is 7.11 Å². The first-order valence-corrected chi connectivity index (χ1v) is 6.20. The van der Waals surface area contributed by atoms with Gasteiger partial charge < -0.3 is 19.5 Å². The molecule has 1 atom stereocenters. The number of hydrogen-bond acceptors (Lipinski definition) is 5. The second-order valence-corrected chi connectivity index (χ2v) is 3.87. The summed E-state index contributed by atoms with van der Waals surface area (Å²) in [5, 5.41) is 2.39. The molecule has 0 aliphatic carbocycles. The van der Waals surface area contributed by atoms with E-state index in [0.29, 0.717) is 13.2 Å². The van der Waals surface area contributed by atoms with Gasteiger partial charge in [0.2, 0.25) is 0 Å². The molecule has 0 saturated heterocycles. The molecule has 6 nitrogen and oxygen atoms in total. The number of ether oxygens (including phenoxy) is 3. The van der Waals surface area contributed by atoms with E-state index in [-0.39, 0.29) is 6.61 Å². The van der Waals surface area contributed by atoms with Gasteiger partial charge in [0.1, 0.15) is 12.6 Å². The Balaban J connectivity index is 3.68. The van der Waals surface area contributed by atoms with Crippen molar-refractivity contribution in [2.24, 2.45) is 0 Å². The Kier molecular flexibility index (Phi) is 10.0. The summed E-state index contributed by atoms with van der Waals surface area (Å²) in [5.41, 5.74) is 0. The molecule has 0 saturated carbocycles. The molecular weight excluding hydrogens is 238 g/mol. The minimum absolute atomic E-state index is 0.153. The van der Waals surface area contributed by atoms with Gasteiger partial charge in [-0.3, -0.25) is 0 Å². The molecule has 0 aliphatic rings. The predicted molar refractivity (Wildman–Crippen MR) is 66.3 cm³/mol. The number of alkyl carbamates (subject to hydrolysis) is 1. The monoisotopic (exact) mass is 261 g/mol. The minimum atomic E-state index is -0.707. The summed E-state index contributed by atoms with van der Waals surface area (Å²) in [6.45, 7) is 4.49. The molecule has 0 spiro atoms. The molecule has 0 aliphatic heterocycles. The maximum absolute atomic E-state index is 11.5. The van der Waals surface area contributed by atoms with Crippen molar-refractivity contribution in [1.82, 2.24) is 5.32 Å². The van der Waals surface area contributed by atoms with Crippen LogP contribution in [0.3, 0.4) is 0 Å². The van der Waals surface area contributed by atoms with Crippen molar-refractivity contribution >= 4 is 12.1 Å². The van der Waals surface area contributed by atoms with E-state index < -0.39 is 18.1 Å². The van der Waals surface area contributed by atoms with Crippen molar-refractivity contribution in [3.05, 3.63) is 0 Å². The molecule has 6 heteroatoms. The number of methoxy groups -OCH3 is 1. The fourth-order valence-electron chi connectivity index (χ4n) is 1.14. The molecule has 106 valence electrons.